The van der Waals surface area contributed by atoms with E-state index in [1.165, 1.54) is 6.20 Å². The molecule has 0 saturated heterocycles. The van der Waals surface area contributed by atoms with E-state index in [2.05, 4.69) is 36.4 Å². The van der Waals surface area contributed by atoms with Gasteiger partial charge < -0.3 is 5.32 Å². The van der Waals surface area contributed by atoms with E-state index in [9.17, 15) is 4.79 Å². The fraction of sp³-hybridized carbons (Fsp3) is 0. The SMILES string of the molecule is O=C(Nc1ccc(Br)cn1)c1ccn[nH]1. The summed E-state index contributed by atoms with van der Waals surface area (Å²) in [5, 5.41) is 8.88. The van der Waals surface area contributed by atoms with Gasteiger partial charge in [0.1, 0.15) is 11.5 Å². The van der Waals surface area contributed by atoms with Crippen LogP contribution in [-0.4, -0.2) is 21.1 Å². The third kappa shape index (κ3) is 2.41. The van der Waals surface area contributed by atoms with Crippen LogP contribution in [0.4, 0.5) is 5.82 Å². The number of aromatic nitrogens is 3. The minimum atomic E-state index is -0.262. The maximum absolute atomic E-state index is 11.5. The summed E-state index contributed by atoms with van der Waals surface area (Å²) in [5.41, 5.74) is 0.403. The molecule has 2 aromatic heterocycles. The lowest BCUT2D eigenvalue weighted by Gasteiger charge is -2.01. The molecule has 0 unspecified atom stereocenters. The highest BCUT2D eigenvalue weighted by molar-refractivity contribution is 9.10. The number of nitrogens with zero attached hydrogens (tertiary/aromatic N) is 2. The lowest BCUT2D eigenvalue weighted by molar-refractivity contribution is 0.102. The molecule has 15 heavy (non-hydrogen) atoms. The average molecular weight is 267 g/mol. The minimum absolute atomic E-state index is 0.262. The molecule has 0 aliphatic carbocycles. The molecule has 2 heterocycles. The third-order valence-electron chi connectivity index (χ3n) is 1.71. The van der Waals surface area contributed by atoms with Gasteiger partial charge in [0.25, 0.3) is 5.91 Å². The van der Waals surface area contributed by atoms with E-state index < -0.39 is 0 Å². The molecular formula is C9H7BrN4O. The van der Waals surface area contributed by atoms with E-state index in [0.717, 1.165) is 4.47 Å². The summed E-state index contributed by atoms with van der Waals surface area (Å²) in [5.74, 6) is 0.236. The fourth-order valence-corrected chi connectivity index (χ4v) is 1.25. The topological polar surface area (TPSA) is 70.7 Å². The van der Waals surface area contributed by atoms with Crippen molar-refractivity contribution in [2.45, 2.75) is 0 Å². The van der Waals surface area contributed by atoms with Gasteiger partial charge in [-0.05, 0) is 34.1 Å². The summed E-state index contributed by atoms with van der Waals surface area (Å²) < 4.78 is 0.863. The van der Waals surface area contributed by atoms with Gasteiger partial charge in [0.15, 0.2) is 0 Å². The Labute approximate surface area is 94.0 Å². The molecule has 5 nitrogen and oxygen atoms in total. The number of rotatable bonds is 2. The molecule has 0 aliphatic rings. The van der Waals surface area contributed by atoms with Gasteiger partial charge in [-0.1, -0.05) is 0 Å². The van der Waals surface area contributed by atoms with Crippen LogP contribution in [0.25, 0.3) is 0 Å². The van der Waals surface area contributed by atoms with Gasteiger partial charge in [0.05, 0.1) is 0 Å². The van der Waals surface area contributed by atoms with Crippen LogP contribution in [0.15, 0.2) is 35.1 Å². The highest BCUT2D eigenvalue weighted by Crippen LogP contribution is 2.10. The zero-order valence-electron chi connectivity index (χ0n) is 7.57. The molecule has 2 aromatic rings. The van der Waals surface area contributed by atoms with Gasteiger partial charge in [-0.3, -0.25) is 9.89 Å². The molecule has 6 heteroatoms. The maximum Gasteiger partial charge on any atom is 0.274 e. The van der Waals surface area contributed by atoms with Crippen molar-refractivity contribution in [2.75, 3.05) is 5.32 Å². The van der Waals surface area contributed by atoms with Gasteiger partial charge in [-0.15, -0.1) is 0 Å². The molecule has 0 aromatic carbocycles. The van der Waals surface area contributed by atoms with Crippen molar-refractivity contribution in [2.24, 2.45) is 0 Å². The average Bonchev–Trinajstić information content (AvgIpc) is 2.74. The smallest absolute Gasteiger partial charge is 0.274 e. The normalized spacial score (nSPS) is 9.93. The quantitative estimate of drug-likeness (QED) is 0.871. The van der Waals surface area contributed by atoms with Crippen LogP contribution in [0.2, 0.25) is 0 Å². The molecule has 0 spiro atoms. The van der Waals surface area contributed by atoms with E-state index in [1.807, 2.05) is 0 Å². The molecule has 0 fully saturated rings. The first kappa shape index (κ1) is 9.85. The van der Waals surface area contributed by atoms with Gasteiger partial charge in [-0.25, -0.2) is 4.98 Å². The molecule has 76 valence electrons. The van der Waals surface area contributed by atoms with Crippen molar-refractivity contribution >= 4 is 27.7 Å². The van der Waals surface area contributed by atoms with Crippen LogP contribution in [0.1, 0.15) is 10.5 Å². The van der Waals surface area contributed by atoms with Crippen molar-refractivity contribution in [3.05, 3.63) is 40.8 Å². The number of nitrogens with one attached hydrogen (secondary N) is 2. The molecule has 0 bridgehead atoms. The van der Waals surface area contributed by atoms with Gasteiger partial charge >= 0.3 is 0 Å². The van der Waals surface area contributed by atoms with Crippen molar-refractivity contribution in [1.29, 1.82) is 0 Å². The van der Waals surface area contributed by atoms with Crippen LogP contribution in [0, 0.1) is 0 Å². The minimum Gasteiger partial charge on any atom is -0.305 e. The Morgan fingerprint density at radius 3 is 2.87 bits per heavy atom. The summed E-state index contributed by atoms with van der Waals surface area (Å²) in [6, 6.07) is 5.10. The fourth-order valence-electron chi connectivity index (χ4n) is 1.02. The van der Waals surface area contributed by atoms with E-state index in [0.29, 0.717) is 11.5 Å². The lowest BCUT2D eigenvalue weighted by atomic mass is 10.4. The van der Waals surface area contributed by atoms with Crippen molar-refractivity contribution in [1.82, 2.24) is 15.2 Å². The van der Waals surface area contributed by atoms with Gasteiger partial charge in [0, 0.05) is 16.9 Å². The number of pyridine rings is 1. The number of aromatic amines is 1. The Kier molecular flexibility index (Phi) is 2.77. The molecule has 0 aliphatic heterocycles. The van der Waals surface area contributed by atoms with Crippen molar-refractivity contribution < 1.29 is 4.79 Å². The Bertz CT molecular complexity index is 451. The standard InChI is InChI=1S/C9H7BrN4O/c10-6-1-2-8(11-5-6)13-9(15)7-3-4-12-14-7/h1-5H,(H,12,14)(H,11,13,15). The Hall–Kier alpha value is -1.69. The second-order valence-corrected chi connectivity index (χ2v) is 3.70. The molecule has 0 radical (unpaired) electrons. The zero-order chi connectivity index (χ0) is 10.7. The summed E-state index contributed by atoms with van der Waals surface area (Å²) in [6.45, 7) is 0. The second kappa shape index (κ2) is 4.22. The number of hydrogen-bond acceptors (Lipinski definition) is 3. The summed E-state index contributed by atoms with van der Waals surface area (Å²) in [7, 11) is 0. The first-order chi connectivity index (χ1) is 7.25. The van der Waals surface area contributed by atoms with E-state index >= 15 is 0 Å². The largest absolute Gasteiger partial charge is 0.305 e. The molecular weight excluding hydrogens is 260 g/mol. The summed E-state index contributed by atoms with van der Waals surface area (Å²) >= 11 is 3.26. The number of H-pyrrole nitrogens is 1. The molecule has 2 rings (SSSR count). The molecule has 2 N–H and O–H groups in total. The van der Waals surface area contributed by atoms with E-state index in [4.69, 9.17) is 0 Å². The highest BCUT2D eigenvalue weighted by atomic mass is 79.9. The predicted molar refractivity (Wildman–Crippen MR) is 58.5 cm³/mol. The first-order valence-electron chi connectivity index (χ1n) is 4.18. The number of anilines is 1. The molecule has 1 amide bonds. The number of amides is 1. The summed E-state index contributed by atoms with van der Waals surface area (Å²) in [6.07, 6.45) is 3.13. The number of hydrogen-bond donors (Lipinski definition) is 2. The van der Waals surface area contributed by atoms with Crippen molar-refractivity contribution in [3.63, 3.8) is 0 Å². The number of carbonyl (C=O) groups is 1. The van der Waals surface area contributed by atoms with Crippen LogP contribution in [0.5, 0.6) is 0 Å². The highest BCUT2D eigenvalue weighted by Gasteiger charge is 2.06. The third-order valence-corrected chi connectivity index (χ3v) is 2.18. The monoisotopic (exact) mass is 266 g/mol. The van der Waals surface area contributed by atoms with Gasteiger partial charge in [0.2, 0.25) is 0 Å². The van der Waals surface area contributed by atoms with Crippen LogP contribution in [0.3, 0.4) is 0 Å². The van der Waals surface area contributed by atoms with E-state index in [1.54, 1.807) is 24.4 Å². The van der Waals surface area contributed by atoms with Crippen LogP contribution < -0.4 is 5.32 Å². The summed E-state index contributed by atoms with van der Waals surface area (Å²) in [4.78, 5) is 15.5. The second-order valence-electron chi connectivity index (χ2n) is 2.79. The van der Waals surface area contributed by atoms with Crippen LogP contribution in [-0.2, 0) is 0 Å². The van der Waals surface area contributed by atoms with Crippen LogP contribution >= 0.6 is 15.9 Å². The number of carbonyl (C=O) groups excluding carboxylic acids is 1. The molecule has 0 atom stereocenters. The Morgan fingerprint density at radius 1 is 1.40 bits per heavy atom. The Balaban J connectivity index is 2.09. The lowest BCUT2D eigenvalue weighted by Crippen LogP contribution is -2.13. The van der Waals surface area contributed by atoms with E-state index in [-0.39, 0.29) is 5.91 Å². The number of halogens is 1. The molecule has 0 saturated carbocycles. The first-order valence-corrected chi connectivity index (χ1v) is 4.97. The predicted octanol–water partition coefficient (Wildman–Crippen LogP) is 1.82. The van der Waals surface area contributed by atoms with Crippen molar-refractivity contribution in [3.8, 4) is 0 Å². The van der Waals surface area contributed by atoms with Gasteiger partial charge in [-0.2, -0.15) is 5.10 Å². The zero-order valence-corrected chi connectivity index (χ0v) is 9.15. The Morgan fingerprint density at radius 2 is 2.27 bits per heavy atom. The maximum atomic E-state index is 11.5.